The molecular formula is C9H17NO2. The zero-order valence-electron chi connectivity index (χ0n) is 7.80. The zero-order valence-corrected chi connectivity index (χ0v) is 7.80. The van der Waals surface area contributed by atoms with E-state index < -0.39 is 5.54 Å². The van der Waals surface area contributed by atoms with Gasteiger partial charge in [0.2, 0.25) is 0 Å². The van der Waals surface area contributed by atoms with Crippen molar-refractivity contribution in [1.82, 2.24) is 0 Å². The second kappa shape index (κ2) is 3.44. The number of hydrogen-bond donors (Lipinski definition) is 1. The van der Waals surface area contributed by atoms with Gasteiger partial charge in [-0.2, -0.15) is 0 Å². The lowest BCUT2D eigenvalue weighted by atomic mass is 9.77. The molecule has 0 aromatic heterocycles. The molecule has 1 fully saturated rings. The molecule has 0 spiro atoms. The first-order valence-corrected chi connectivity index (χ1v) is 4.43. The van der Waals surface area contributed by atoms with E-state index in [-0.39, 0.29) is 5.97 Å². The molecule has 1 rings (SSSR count). The number of methoxy groups -OCH3 is 1. The molecule has 1 saturated carbocycles. The van der Waals surface area contributed by atoms with Crippen LogP contribution >= 0.6 is 0 Å². The van der Waals surface area contributed by atoms with Gasteiger partial charge in [0.15, 0.2) is 0 Å². The molecule has 3 heteroatoms. The maximum absolute atomic E-state index is 11.2. The van der Waals surface area contributed by atoms with Crippen molar-refractivity contribution in [2.24, 2.45) is 11.7 Å². The number of ether oxygens (including phenoxy) is 1. The van der Waals surface area contributed by atoms with Gasteiger partial charge in [-0.05, 0) is 19.3 Å². The van der Waals surface area contributed by atoms with Crippen molar-refractivity contribution in [1.29, 1.82) is 0 Å². The second-order valence-electron chi connectivity index (χ2n) is 3.91. The van der Waals surface area contributed by atoms with Crippen molar-refractivity contribution >= 4 is 5.97 Å². The minimum absolute atomic E-state index is 0.297. The summed E-state index contributed by atoms with van der Waals surface area (Å²) in [6.07, 6.45) is 4.47. The number of carbonyl (C=O) groups is 1. The Kier molecular flexibility index (Phi) is 2.73. The quantitative estimate of drug-likeness (QED) is 0.646. The van der Waals surface area contributed by atoms with E-state index in [1.807, 2.05) is 0 Å². The Morgan fingerprint density at radius 1 is 1.67 bits per heavy atom. The first-order chi connectivity index (χ1) is 5.56. The Bertz CT molecular complexity index is 173. The molecule has 0 saturated heterocycles. The van der Waals surface area contributed by atoms with E-state index in [2.05, 4.69) is 4.74 Å². The van der Waals surface area contributed by atoms with E-state index in [1.165, 1.54) is 26.4 Å². The smallest absolute Gasteiger partial charge is 0.325 e. The standard InChI is InChI=1S/C9H17NO2/c1-9(10,8(11)12-2)6-7-4-3-5-7/h7H,3-6,10H2,1-2H3. The van der Waals surface area contributed by atoms with Gasteiger partial charge in [-0.3, -0.25) is 4.79 Å². The van der Waals surface area contributed by atoms with Gasteiger partial charge in [0.1, 0.15) is 5.54 Å². The van der Waals surface area contributed by atoms with Gasteiger partial charge in [-0.25, -0.2) is 0 Å². The fourth-order valence-electron chi connectivity index (χ4n) is 1.61. The van der Waals surface area contributed by atoms with Crippen LogP contribution < -0.4 is 5.73 Å². The van der Waals surface area contributed by atoms with E-state index in [9.17, 15) is 4.79 Å². The number of hydrogen-bond acceptors (Lipinski definition) is 3. The minimum Gasteiger partial charge on any atom is -0.468 e. The molecule has 1 unspecified atom stereocenters. The summed E-state index contributed by atoms with van der Waals surface area (Å²) in [5.74, 6) is 0.341. The molecule has 0 aliphatic heterocycles. The summed E-state index contributed by atoms with van der Waals surface area (Å²) in [6.45, 7) is 1.75. The van der Waals surface area contributed by atoms with E-state index >= 15 is 0 Å². The van der Waals surface area contributed by atoms with Crippen LogP contribution in [0.1, 0.15) is 32.6 Å². The summed E-state index contributed by atoms with van der Waals surface area (Å²) in [6, 6.07) is 0. The molecule has 1 aliphatic carbocycles. The molecule has 0 radical (unpaired) electrons. The highest BCUT2D eigenvalue weighted by molar-refractivity contribution is 5.79. The van der Waals surface area contributed by atoms with Crippen LogP contribution in [-0.2, 0) is 9.53 Å². The highest BCUT2D eigenvalue weighted by Gasteiger charge is 2.34. The lowest BCUT2D eigenvalue weighted by Crippen LogP contribution is -2.47. The van der Waals surface area contributed by atoms with Gasteiger partial charge in [0.25, 0.3) is 0 Å². The predicted octanol–water partition coefficient (Wildman–Crippen LogP) is 1.07. The van der Waals surface area contributed by atoms with E-state index in [0.717, 1.165) is 6.42 Å². The molecule has 0 bridgehead atoms. The largest absolute Gasteiger partial charge is 0.468 e. The lowest BCUT2D eigenvalue weighted by Gasteiger charge is -2.32. The summed E-state index contributed by atoms with van der Waals surface area (Å²) >= 11 is 0. The van der Waals surface area contributed by atoms with Gasteiger partial charge < -0.3 is 10.5 Å². The van der Waals surface area contributed by atoms with Crippen molar-refractivity contribution in [3.05, 3.63) is 0 Å². The van der Waals surface area contributed by atoms with Crippen molar-refractivity contribution in [3.63, 3.8) is 0 Å². The summed E-state index contributed by atoms with van der Waals surface area (Å²) in [4.78, 5) is 11.2. The van der Waals surface area contributed by atoms with Gasteiger partial charge in [0, 0.05) is 0 Å². The summed E-state index contributed by atoms with van der Waals surface area (Å²) in [7, 11) is 1.38. The zero-order chi connectivity index (χ0) is 9.19. The third-order valence-corrected chi connectivity index (χ3v) is 2.59. The molecule has 12 heavy (non-hydrogen) atoms. The number of nitrogens with two attached hydrogens (primary N) is 1. The molecule has 0 aromatic carbocycles. The van der Waals surface area contributed by atoms with Gasteiger partial charge in [-0.15, -0.1) is 0 Å². The average Bonchev–Trinajstić information content (AvgIpc) is 1.95. The topological polar surface area (TPSA) is 52.3 Å². The molecule has 1 aliphatic rings. The summed E-state index contributed by atoms with van der Waals surface area (Å²) < 4.78 is 4.62. The molecule has 0 heterocycles. The molecule has 0 amide bonds. The van der Waals surface area contributed by atoms with Crippen LogP contribution in [0.5, 0.6) is 0 Å². The van der Waals surface area contributed by atoms with Crippen LogP contribution in [0.15, 0.2) is 0 Å². The number of carbonyl (C=O) groups excluding carboxylic acids is 1. The van der Waals surface area contributed by atoms with Crippen LogP contribution in [0.25, 0.3) is 0 Å². The Labute approximate surface area is 73.3 Å². The fraction of sp³-hybridized carbons (Fsp3) is 0.889. The van der Waals surface area contributed by atoms with Gasteiger partial charge in [-0.1, -0.05) is 19.3 Å². The number of esters is 1. The van der Waals surface area contributed by atoms with E-state index in [4.69, 9.17) is 5.73 Å². The molecule has 3 nitrogen and oxygen atoms in total. The van der Waals surface area contributed by atoms with Gasteiger partial charge >= 0.3 is 5.97 Å². The fourth-order valence-corrected chi connectivity index (χ4v) is 1.61. The lowest BCUT2D eigenvalue weighted by molar-refractivity contribution is -0.147. The molecule has 1 atom stereocenters. The Morgan fingerprint density at radius 3 is 2.58 bits per heavy atom. The first kappa shape index (κ1) is 9.52. The Hall–Kier alpha value is -0.570. The van der Waals surface area contributed by atoms with E-state index in [0.29, 0.717) is 5.92 Å². The minimum atomic E-state index is -0.778. The van der Waals surface area contributed by atoms with Crippen LogP contribution in [0.2, 0.25) is 0 Å². The average molecular weight is 171 g/mol. The van der Waals surface area contributed by atoms with Crippen molar-refractivity contribution in [2.45, 2.75) is 38.1 Å². The normalized spacial score (nSPS) is 22.6. The first-order valence-electron chi connectivity index (χ1n) is 4.43. The highest BCUT2D eigenvalue weighted by Crippen LogP contribution is 2.33. The van der Waals surface area contributed by atoms with Crippen molar-refractivity contribution in [3.8, 4) is 0 Å². The predicted molar refractivity (Wildman–Crippen MR) is 46.6 cm³/mol. The summed E-state index contributed by atoms with van der Waals surface area (Å²) in [5, 5.41) is 0. The SMILES string of the molecule is COC(=O)C(C)(N)CC1CCC1. The van der Waals surface area contributed by atoms with Gasteiger partial charge in [0.05, 0.1) is 7.11 Å². The Morgan fingerprint density at radius 2 is 2.25 bits per heavy atom. The molecule has 0 aromatic rings. The van der Waals surface area contributed by atoms with Crippen LogP contribution in [0.4, 0.5) is 0 Å². The Balaban J connectivity index is 2.40. The maximum Gasteiger partial charge on any atom is 0.325 e. The summed E-state index contributed by atoms with van der Waals surface area (Å²) in [5.41, 5.74) is 5.03. The van der Waals surface area contributed by atoms with Crippen LogP contribution in [0, 0.1) is 5.92 Å². The second-order valence-corrected chi connectivity index (χ2v) is 3.91. The van der Waals surface area contributed by atoms with E-state index in [1.54, 1.807) is 6.92 Å². The van der Waals surface area contributed by atoms with Crippen molar-refractivity contribution < 1.29 is 9.53 Å². The third kappa shape index (κ3) is 1.97. The number of rotatable bonds is 3. The maximum atomic E-state index is 11.2. The highest BCUT2D eigenvalue weighted by atomic mass is 16.5. The molecule has 70 valence electrons. The third-order valence-electron chi connectivity index (χ3n) is 2.59. The van der Waals surface area contributed by atoms with Crippen molar-refractivity contribution in [2.75, 3.05) is 7.11 Å². The van der Waals surface area contributed by atoms with Crippen LogP contribution in [0.3, 0.4) is 0 Å². The monoisotopic (exact) mass is 171 g/mol. The van der Waals surface area contributed by atoms with Crippen LogP contribution in [-0.4, -0.2) is 18.6 Å². The molecular weight excluding hydrogens is 154 g/mol. The molecule has 2 N–H and O–H groups in total.